The molecule has 158 valence electrons. The molecule has 0 saturated heterocycles. The number of hydrogen-bond acceptors (Lipinski definition) is 6. The third kappa shape index (κ3) is 5.73. The van der Waals surface area contributed by atoms with Crippen LogP contribution in [-0.4, -0.2) is 55.9 Å². The van der Waals surface area contributed by atoms with Crippen LogP contribution in [0.1, 0.15) is 39.5 Å². The molecule has 0 bridgehead atoms. The molecule has 0 heterocycles. The largest absolute Gasteiger partial charge is 0.480 e. The molecule has 1 aliphatic carbocycles. The van der Waals surface area contributed by atoms with E-state index in [9.17, 15) is 17.8 Å². The normalized spacial score (nSPS) is 17.8. The predicted molar refractivity (Wildman–Crippen MR) is 110 cm³/mol. The standard InChI is InChI=1S/C18H28ClN3O5S/c1-3-21(4-2)9-10-22(28(24,25)26)15-11-13(19)14(20)12-18(15)27-17-8-6-5-7-16(17)23/h11-12,17H,3-10,20H2,1-2H3,(H,24,25,26). The third-order valence-corrected chi connectivity index (χ3v) is 6.17. The van der Waals surface area contributed by atoms with Gasteiger partial charge in [-0.2, -0.15) is 8.42 Å². The molecule has 28 heavy (non-hydrogen) atoms. The van der Waals surface area contributed by atoms with E-state index < -0.39 is 16.4 Å². The molecule has 3 N–H and O–H groups in total. The predicted octanol–water partition coefficient (Wildman–Crippen LogP) is 2.76. The van der Waals surface area contributed by atoms with Gasteiger partial charge < -0.3 is 15.4 Å². The monoisotopic (exact) mass is 433 g/mol. The van der Waals surface area contributed by atoms with Crippen LogP contribution in [0.2, 0.25) is 5.02 Å². The molecular formula is C18H28ClN3O5S. The number of ketones is 1. The highest BCUT2D eigenvalue weighted by Crippen LogP contribution is 2.38. The lowest BCUT2D eigenvalue weighted by atomic mass is 9.96. The van der Waals surface area contributed by atoms with Crippen molar-refractivity contribution in [3.05, 3.63) is 17.2 Å². The molecule has 0 aliphatic heterocycles. The van der Waals surface area contributed by atoms with Crippen LogP contribution in [0.3, 0.4) is 0 Å². The van der Waals surface area contributed by atoms with Gasteiger partial charge in [-0.15, -0.1) is 0 Å². The number of ether oxygens (including phenoxy) is 1. The van der Waals surface area contributed by atoms with Crippen LogP contribution < -0.4 is 14.8 Å². The number of likely N-dealkylation sites (N-methyl/N-ethyl adjacent to an activating group) is 1. The molecular weight excluding hydrogens is 406 g/mol. The second-order valence-corrected chi connectivity index (χ2v) is 8.48. The quantitative estimate of drug-likeness (QED) is 0.454. The molecule has 1 unspecified atom stereocenters. The highest BCUT2D eigenvalue weighted by atomic mass is 35.5. The Bertz CT molecular complexity index is 799. The second kappa shape index (κ2) is 9.78. The minimum Gasteiger partial charge on any atom is -0.480 e. The summed E-state index contributed by atoms with van der Waals surface area (Å²) in [4.78, 5) is 14.2. The summed E-state index contributed by atoms with van der Waals surface area (Å²) in [6.45, 7) is 5.79. The molecule has 0 aromatic heterocycles. The molecule has 0 spiro atoms. The fourth-order valence-corrected chi connectivity index (χ4v) is 4.07. The first-order valence-electron chi connectivity index (χ1n) is 9.43. The van der Waals surface area contributed by atoms with E-state index in [-0.39, 0.29) is 34.5 Å². The van der Waals surface area contributed by atoms with E-state index in [4.69, 9.17) is 22.1 Å². The first kappa shape index (κ1) is 22.7. The van der Waals surface area contributed by atoms with Crippen molar-refractivity contribution in [3.63, 3.8) is 0 Å². The summed E-state index contributed by atoms with van der Waals surface area (Å²) in [5, 5.41) is 0.133. The smallest absolute Gasteiger partial charge is 0.360 e. The Hall–Kier alpha value is -1.55. The molecule has 1 aromatic rings. The van der Waals surface area contributed by atoms with Crippen molar-refractivity contribution < 1.29 is 22.5 Å². The average Bonchev–Trinajstić information content (AvgIpc) is 2.63. The lowest BCUT2D eigenvalue weighted by molar-refractivity contribution is -0.127. The van der Waals surface area contributed by atoms with Crippen molar-refractivity contribution in [2.24, 2.45) is 0 Å². The maximum absolute atomic E-state index is 12.2. The summed E-state index contributed by atoms with van der Waals surface area (Å²) in [6.07, 6.45) is 1.96. The average molecular weight is 434 g/mol. The highest BCUT2D eigenvalue weighted by Gasteiger charge is 2.29. The first-order chi connectivity index (χ1) is 13.2. The van der Waals surface area contributed by atoms with E-state index in [1.54, 1.807) is 0 Å². The summed E-state index contributed by atoms with van der Waals surface area (Å²) >= 11 is 6.11. The third-order valence-electron chi connectivity index (χ3n) is 4.91. The maximum Gasteiger partial charge on any atom is 0.360 e. The minimum atomic E-state index is -4.59. The van der Waals surface area contributed by atoms with Gasteiger partial charge >= 0.3 is 10.3 Å². The second-order valence-electron chi connectivity index (χ2n) is 6.74. The van der Waals surface area contributed by atoms with Gasteiger partial charge in [0, 0.05) is 25.6 Å². The Morgan fingerprint density at radius 3 is 2.50 bits per heavy atom. The van der Waals surface area contributed by atoms with E-state index in [1.165, 1.54) is 12.1 Å². The Labute approximate surface area is 171 Å². The van der Waals surface area contributed by atoms with Gasteiger partial charge in [-0.05, 0) is 38.4 Å². The topological polar surface area (TPSA) is 113 Å². The number of nitrogens with two attached hydrogens (primary N) is 1. The number of carbonyl (C=O) groups excluding carboxylic acids is 1. The van der Waals surface area contributed by atoms with Gasteiger partial charge in [-0.1, -0.05) is 25.4 Å². The number of hydrogen-bond donors (Lipinski definition) is 2. The number of nitrogens with zero attached hydrogens (tertiary/aromatic N) is 2. The van der Waals surface area contributed by atoms with Crippen LogP contribution >= 0.6 is 11.6 Å². The Kier molecular flexibility index (Phi) is 7.94. The number of nitrogen functional groups attached to an aromatic ring is 1. The molecule has 1 aromatic carbocycles. The molecule has 1 atom stereocenters. The van der Waals surface area contributed by atoms with Gasteiger partial charge in [0.1, 0.15) is 5.75 Å². The van der Waals surface area contributed by atoms with E-state index in [1.807, 2.05) is 18.7 Å². The lowest BCUT2D eigenvalue weighted by Crippen LogP contribution is -2.39. The van der Waals surface area contributed by atoms with E-state index >= 15 is 0 Å². The van der Waals surface area contributed by atoms with Crippen LogP contribution in [0.5, 0.6) is 5.75 Å². The number of rotatable bonds is 9. The number of Topliss-reactive ketones (excluding diaryl/α,β-unsaturated/α-hetero) is 1. The molecule has 0 radical (unpaired) electrons. The first-order valence-corrected chi connectivity index (χ1v) is 11.2. The van der Waals surface area contributed by atoms with Crippen LogP contribution in [0, 0.1) is 0 Å². The molecule has 1 aliphatic rings. The van der Waals surface area contributed by atoms with E-state index in [0.717, 1.165) is 30.2 Å². The summed E-state index contributed by atoms with van der Waals surface area (Å²) in [5.41, 5.74) is 6.13. The fraction of sp³-hybridized carbons (Fsp3) is 0.611. The van der Waals surface area contributed by atoms with Gasteiger partial charge in [-0.25, -0.2) is 4.31 Å². The Balaban J connectivity index is 2.40. The zero-order chi connectivity index (χ0) is 20.9. The Morgan fingerprint density at radius 1 is 1.25 bits per heavy atom. The maximum atomic E-state index is 12.2. The minimum absolute atomic E-state index is 0.00423. The summed E-state index contributed by atoms with van der Waals surface area (Å²) in [6, 6.07) is 2.74. The molecule has 0 amide bonds. The van der Waals surface area contributed by atoms with Crippen molar-refractivity contribution in [2.75, 3.05) is 36.2 Å². The van der Waals surface area contributed by atoms with Crippen molar-refractivity contribution in [3.8, 4) is 5.75 Å². The molecule has 2 rings (SSSR count). The zero-order valence-corrected chi connectivity index (χ0v) is 17.8. The van der Waals surface area contributed by atoms with Gasteiger partial charge in [-0.3, -0.25) is 9.35 Å². The SMILES string of the molecule is CCN(CC)CCN(c1cc(Cl)c(N)cc1OC1CCCCC1=O)S(=O)(=O)O. The number of benzene rings is 1. The highest BCUT2D eigenvalue weighted by molar-refractivity contribution is 7.87. The fourth-order valence-electron chi connectivity index (χ4n) is 3.21. The van der Waals surface area contributed by atoms with Gasteiger partial charge in [0.05, 0.1) is 16.4 Å². The summed E-state index contributed by atoms with van der Waals surface area (Å²) in [7, 11) is -4.59. The van der Waals surface area contributed by atoms with Crippen LogP contribution in [0.4, 0.5) is 11.4 Å². The number of anilines is 2. The Morgan fingerprint density at radius 2 is 1.93 bits per heavy atom. The molecule has 1 saturated carbocycles. The molecule has 8 nitrogen and oxygen atoms in total. The molecule has 1 fully saturated rings. The summed E-state index contributed by atoms with van der Waals surface area (Å²) in [5.74, 6) is 0.0755. The van der Waals surface area contributed by atoms with Gasteiger partial charge in [0.15, 0.2) is 11.9 Å². The number of halogens is 1. The van der Waals surface area contributed by atoms with Crippen LogP contribution in [0.25, 0.3) is 0 Å². The van der Waals surface area contributed by atoms with Gasteiger partial charge in [0.25, 0.3) is 0 Å². The van der Waals surface area contributed by atoms with E-state index in [2.05, 4.69) is 0 Å². The van der Waals surface area contributed by atoms with Crippen LogP contribution in [-0.2, 0) is 15.1 Å². The van der Waals surface area contributed by atoms with Crippen LogP contribution in [0.15, 0.2) is 12.1 Å². The summed E-state index contributed by atoms with van der Waals surface area (Å²) < 4.78 is 40.7. The van der Waals surface area contributed by atoms with Crippen molar-refractivity contribution in [1.82, 2.24) is 4.90 Å². The van der Waals surface area contributed by atoms with Crippen molar-refractivity contribution >= 4 is 39.1 Å². The number of carbonyl (C=O) groups is 1. The zero-order valence-electron chi connectivity index (χ0n) is 16.2. The molecule has 10 heteroatoms. The van der Waals surface area contributed by atoms with E-state index in [0.29, 0.717) is 19.4 Å². The van der Waals surface area contributed by atoms with Gasteiger partial charge in [0.2, 0.25) is 0 Å². The van der Waals surface area contributed by atoms with Crippen molar-refractivity contribution in [1.29, 1.82) is 0 Å². The lowest BCUT2D eigenvalue weighted by Gasteiger charge is -2.29. The van der Waals surface area contributed by atoms with Crippen molar-refractivity contribution in [2.45, 2.75) is 45.6 Å².